The topological polar surface area (TPSA) is 12.0 Å². The highest BCUT2D eigenvalue weighted by atomic mass is 19.1. The van der Waals surface area contributed by atoms with Gasteiger partial charge in [0.1, 0.15) is 0 Å². The van der Waals surface area contributed by atoms with Crippen LogP contribution >= 0.6 is 0 Å². The van der Waals surface area contributed by atoms with Gasteiger partial charge in [0, 0.05) is 12.2 Å². The van der Waals surface area contributed by atoms with E-state index in [1.165, 1.54) is 30.4 Å². The molecule has 1 aliphatic rings. The molecule has 1 N–H and O–H groups in total. The van der Waals surface area contributed by atoms with Crippen molar-refractivity contribution in [2.75, 3.05) is 18.5 Å². The molecule has 14 heavy (non-hydrogen) atoms. The first-order chi connectivity index (χ1) is 6.90. The molecular weight excluding hydrogens is 177 g/mol. The summed E-state index contributed by atoms with van der Waals surface area (Å²) in [4.78, 5) is 0. The molecule has 0 aliphatic heterocycles. The van der Waals surface area contributed by atoms with Crippen LogP contribution in [0.5, 0.6) is 0 Å². The van der Waals surface area contributed by atoms with Gasteiger partial charge < -0.3 is 5.32 Å². The van der Waals surface area contributed by atoms with Gasteiger partial charge in [0.15, 0.2) is 0 Å². The zero-order chi connectivity index (χ0) is 9.80. The monoisotopic (exact) mass is 193 g/mol. The van der Waals surface area contributed by atoms with Crippen molar-refractivity contribution in [1.82, 2.24) is 0 Å². The quantitative estimate of drug-likeness (QED) is 0.725. The van der Waals surface area contributed by atoms with Crippen molar-refractivity contribution >= 4 is 5.69 Å². The van der Waals surface area contributed by atoms with Crippen molar-refractivity contribution in [3.05, 3.63) is 29.3 Å². The SMILES string of the molecule is FCCCNc1ccc2c(c1)CCC2. The number of nitrogens with one attached hydrogen (secondary N) is 1. The lowest BCUT2D eigenvalue weighted by atomic mass is 10.1. The molecule has 76 valence electrons. The Morgan fingerprint density at radius 3 is 2.93 bits per heavy atom. The Bertz CT molecular complexity index is 309. The van der Waals surface area contributed by atoms with E-state index < -0.39 is 0 Å². The highest BCUT2D eigenvalue weighted by molar-refractivity contribution is 5.50. The van der Waals surface area contributed by atoms with Gasteiger partial charge in [-0.2, -0.15) is 0 Å². The summed E-state index contributed by atoms with van der Waals surface area (Å²) < 4.78 is 11.9. The molecule has 0 unspecified atom stereocenters. The van der Waals surface area contributed by atoms with E-state index in [0.29, 0.717) is 6.42 Å². The van der Waals surface area contributed by atoms with E-state index in [9.17, 15) is 4.39 Å². The number of hydrogen-bond acceptors (Lipinski definition) is 1. The molecule has 2 rings (SSSR count). The normalized spacial score (nSPS) is 14.1. The van der Waals surface area contributed by atoms with Gasteiger partial charge in [-0.25, -0.2) is 0 Å². The number of hydrogen-bond donors (Lipinski definition) is 1. The third-order valence-electron chi connectivity index (χ3n) is 2.74. The van der Waals surface area contributed by atoms with Crippen molar-refractivity contribution in [2.24, 2.45) is 0 Å². The molecule has 0 atom stereocenters. The van der Waals surface area contributed by atoms with E-state index in [2.05, 4.69) is 23.5 Å². The maximum absolute atomic E-state index is 11.9. The first-order valence-electron chi connectivity index (χ1n) is 5.32. The van der Waals surface area contributed by atoms with Crippen LogP contribution in [0, 0.1) is 0 Å². The molecule has 1 aromatic rings. The van der Waals surface area contributed by atoms with E-state index >= 15 is 0 Å². The second-order valence-electron chi connectivity index (χ2n) is 3.81. The Labute approximate surface area is 84.3 Å². The smallest absolute Gasteiger partial charge is 0.0911 e. The maximum Gasteiger partial charge on any atom is 0.0911 e. The molecule has 0 fully saturated rings. The molecule has 0 aromatic heterocycles. The Morgan fingerprint density at radius 1 is 1.21 bits per heavy atom. The molecule has 0 amide bonds. The number of alkyl halides is 1. The van der Waals surface area contributed by atoms with Crippen LogP contribution in [0.1, 0.15) is 24.0 Å². The Kier molecular flexibility index (Phi) is 3.02. The van der Waals surface area contributed by atoms with Crippen LogP contribution in [-0.4, -0.2) is 13.2 Å². The van der Waals surface area contributed by atoms with E-state index in [1.807, 2.05) is 0 Å². The summed E-state index contributed by atoms with van der Waals surface area (Å²) in [7, 11) is 0. The first kappa shape index (κ1) is 9.50. The van der Waals surface area contributed by atoms with Crippen molar-refractivity contribution in [3.63, 3.8) is 0 Å². The summed E-state index contributed by atoms with van der Waals surface area (Å²) in [6.45, 7) is 0.493. The number of benzene rings is 1. The Hall–Kier alpha value is -1.05. The summed E-state index contributed by atoms with van der Waals surface area (Å²) >= 11 is 0. The van der Waals surface area contributed by atoms with Gasteiger partial charge in [0.25, 0.3) is 0 Å². The summed E-state index contributed by atoms with van der Waals surface area (Å²) in [6.07, 6.45) is 4.30. The highest BCUT2D eigenvalue weighted by Crippen LogP contribution is 2.24. The van der Waals surface area contributed by atoms with Crippen LogP contribution in [0.4, 0.5) is 10.1 Å². The van der Waals surface area contributed by atoms with E-state index in [0.717, 1.165) is 12.2 Å². The van der Waals surface area contributed by atoms with Crippen LogP contribution in [0.25, 0.3) is 0 Å². The van der Waals surface area contributed by atoms with Gasteiger partial charge in [-0.1, -0.05) is 6.07 Å². The third-order valence-corrected chi connectivity index (χ3v) is 2.74. The summed E-state index contributed by atoms with van der Waals surface area (Å²) in [5.74, 6) is 0. The van der Waals surface area contributed by atoms with Crippen molar-refractivity contribution in [3.8, 4) is 0 Å². The van der Waals surface area contributed by atoms with Crippen molar-refractivity contribution < 1.29 is 4.39 Å². The average Bonchev–Trinajstić information content (AvgIpc) is 2.65. The zero-order valence-electron chi connectivity index (χ0n) is 8.35. The van der Waals surface area contributed by atoms with Gasteiger partial charge in [-0.3, -0.25) is 4.39 Å². The predicted molar refractivity (Wildman–Crippen MR) is 57.5 cm³/mol. The first-order valence-corrected chi connectivity index (χ1v) is 5.32. The fourth-order valence-electron chi connectivity index (χ4n) is 1.98. The zero-order valence-corrected chi connectivity index (χ0v) is 8.35. The molecule has 1 aliphatic carbocycles. The lowest BCUT2D eigenvalue weighted by Crippen LogP contribution is -2.02. The Balaban J connectivity index is 1.98. The van der Waals surface area contributed by atoms with E-state index in [-0.39, 0.29) is 6.67 Å². The Morgan fingerprint density at radius 2 is 2.07 bits per heavy atom. The van der Waals surface area contributed by atoms with Gasteiger partial charge in [-0.15, -0.1) is 0 Å². The van der Waals surface area contributed by atoms with Gasteiger partial charge >= 0.3 is 0 Å². The van der Waals surface area contributed by atoms with Gasteiger partial charge in [0.2, 0.25) is 0 Å². The number of fused-ring (bicyclic) bond motifs is 1. The fraction of sp³-hybridized carbons (Fsp3) is 0.500. The van der Waals surface area contributed by atoms with E-state index in [4.69, 9.17) is 0 Å². The molecule has 0 spiro atoms. The molecule has 0 bridgehead atoms. The molecule has 1 aromatic carbocycles. The maximum atomic E-state index is 11.9. The number of aryl methyl sites for hydroxylation is 2. The second kappa shape index (κ2) is 4.45. The summed E-state index contributed by atoms with van der Waals surface area (Å²) in [6, 6.07) is 6.50. The molecular formula is C12H16FN. The minimum Gasteiger partial charge on any atom is -0.385 e. The summed E-state index contributed by atoms with van der Waals surface area (Å²) in [5.41, 5.74) is 4.09. The second-order valence-corrected chi connectivity index (χ2v) is 3.81. The lowest BCUT2D eigenvalue weighted by Gasteiger charge is -2.07. The molecule has 0 heterocycles. The standard InChI is InChI=1S/C12H16FN/c13-7-2-8-14-12-6-5-10-3-1-4-11(10)9-12/h5-6,9,14H,1-4,7-8H2. The van der Waals surface area contributed by atoms with Gasteiger partial charge in [0.05, 0.1) is 6.67 Å². The van der Waals surface area contributed by atoms with Crippen molar-refractivity contribution in [1.29, 1.82) is 0 Å². The minimum absolute atomic E-state index is 0.238. The van der Waals surface area contributed by atoms with E-state index in [1.54, 1.807) is 0 Å². The lowest BCUT2D eigenvalue weighted by molar-refractivity contribution is 0.481. The highest BCUT2D eigenvalue weighted by Gasteiger charge is 2.10. The largest absolute Gasteiger partial charge is 0.385 e. The number of halogens is 1. The third kappa shape index (κ3) is 2.06. The van der Waals surface area contributed by atoms with Crippen LogP contribution in [0.15, 0.2) is 18.2 Å². The summed E-state index contributed by atoms with van der Waals surface area (Å²) in [5, 5.41) is 3.24. The van der Waals surface area contributed by atoms with Gasteiger partial charge in [-0.05, 0) is 48.9 Å². The van der Waals surface area contributed by atoms with Crippen LogP contribution in [0.2, 0.25) is 0 Å². The fourth-order valence-corrected chi connectivity index (χ4v) is 1.98. The molecule has 0 saturated heterocycles. The number of anilines is 1. The number of rotatable bonds is 4. The van der Waals surface area contributed by atoms with Crippen molar-refractivity contribution in [2.45, 2.75) is 25.7 Å². The van der Waals surface area contributed by atoms with Crippen LogP contribution < -0.4 is 5.32 Å². The molecule has 1 nitrogen and oxygen atoms in total. The molecule has 0 saturated carbocycles. The van der Waals surface area contributed by atoms with Crippen LogP contribution in [0.3, 0.4) is 0 Å². The van der Waals surface area contributed by atoms with Crippen LogP contribution in [-0.2, 0) is 12.8 Å². The molecule has 2 heteroatoms. The average molecular weight is 193 g/mol. The molecule has 0 radical (unpaired) electrons. The predicted octanol–water partition coefficient (Wildman–Crippen LogP) is 2.95. The minimum atomic E-state index is -0.238.